The zero-order chi connectivity index (χ0) is 21.8. The Balaban J connectivity index is 1.68. The van der Waals surface area contributed by atoms with Crippen LogP contribution in [-0.2, 0) is 6.18 Å². The highest BCUT2D eigenvalue weighted by atomic mass is 19.4. The maximum atomic E-state index is 13.4. The van der Waals surface area contributed by atoms with Crippen LogP contribution in [0.4, 0.5) is 13.2 Å². The Morgan fingerprint density at radius 3 is 2.63 bits per heavy atom. The van der Waals surface area contributed by atoms with Crippen LogP contribution in [0.25, 0.3) is 10.9 Å². The number of hydrogen-bond acceptors (Lipinski definition) is 5. The highest BCUT2D eigenvalue weighted by Crippen LogP contribution is 2.34. The number of pyridine rings is 2. The van der Waals surface area contributed by atoms with Crippen molar-refractivity contribution >= 4 is 16.8 Å². The summed E-state index contributed by atoms with van der Waals surface area (Å²) >= 11 is 0. The number of H-pyrrole nitrogens is 1. The number of nitrogens with zero attached hydrogens (tertiary/aromatic N) is 3. The lowest BCUT2D eigenvalue weighted by Gasteiger charge is -2.17. The van der Waals surface area contributed by atoms with E-state index in [4.69, 9.17) is 4.52 Å². The Kier molecular flexibility index (Phi) is 4.67. The summed E-state index contributed by atoms with van der Waals surface area (Å²) in [5.41, 5.74) is -0.288. The van der Waals surface area contributed by atoms with Crippen molar-refractivity contribution in [1.82, 2.24) is 20.0 Å². The van der Waals surface area contributed by atoms with Gasteiger partial charge < -0.3 is 14.4 Å². The molecule has 158 valence electrons. The predicted octanol–water partition coefficient (Wildman–Crippen LogP) is 3.48. The number of aromatic amines is 1. The fourth-order valence-corrected chi connectivity index (χ4v) is 4.01. The van der Waals surface area contributed by atoms with Gasteiger partial charge in [-0.15, -0.1) is 0 Å². The van der Waals surface area contributed by atoms with Gasteiger partial charge in [-0.25, -0.2) is 0 Å². The van der Waals surface area contributed by atoms with E-state index in [2.05, 4.69) is 15.1 Å². The van der Waals surface area contributed by atoms with E-state index >= 15 is 0 Å². The molecule has 3 aromatic heterocycles. The number of alkyl halides is 3. The van der Waals surface area contributed by atoms with Gasteiger partial charge in [0.25, 0.3) is 11.5 Å². The molecule has 0 saturated carbocycles. The van der Waals surface area contributed by atoms with Gasteiger partial charge in [0, 0.05) is 30.4 Å². The fraction of sp³-hybridized carbons (Fsp3) is 0.400. The van der Waals surface area contributed by atoms with E-state index in [0.29, 0.717) is 42.2 Å². The monoisotopic (exact) mass is 420 g/mol. The van der Waals surface area contributed by atoms with E-state index in [1.807, 2.05) is 0 Å². The van der Waals surface area contributed by atoms with Crippen molar-refractivity contribution in [3.8, 4) is 0 Å². The van der Waals surface area contributed by atoms with E-state index in [9.17, 15) is 22.8 Å². The van der Waals surface area contributed by atoms with Crippen LogP contribution < -0.4 is 5.56 Å². The molecule has 30 heavy (non-hydrogen) atoms. The Labute approximate surface area is 168 Å². The summed E-state index contributed by atoms with van der Waals surface area (Å²) in [6.07, 6.45) is -4.10. The maximum Gasteiger partial charge on any atom is 0.417 e. The van der Waals surface area contributed by atoms with Crippen molar-refractivity contribution in [3.63, 3.8) is 0 Å². The minimum absolute atomic E-state index is 0.00317. The van der Waals surface area contributed by atoms with Crippen molar-refractivity contribution in [2.24, 2.45) is 0 Å². The molecule has 0 unspecified atom stereocenters. The number of amides is 1. The SMILES string of the molecule is Cc1cc(C(F)(F)F)c2c(=O)[nH]c([C@H]3CCN(C(=O)c4c(C)noc4C)C3)cc2n1. The second-order valence-electron chi connectivity index (χ2n) is 7.56. The molecule has 3 aromatic rings. The Morgan fingerprint density at radius 1 is 1.27 bits per heavy atom. The molecule has 1 amide bonds. The highest BCUT2D eigenvalue weighted by Gasteiger charge is 2.36. The van der Waals surface area contributed by atoms with Gasteiger partial charge >= 0.3 is 6.18 Å². The zero-order valence-corrected chi connectivity index (χ0v) is 16.6. The molecule has 1 atom stereocenters. The van der Waals surface area contributed by atoms with Gasteiger partial charge in [-0.3, -0.25) is 14.6 Å². The smallest absolute Gasteiger partial charge is 0.361 e. The summed E-state index contributed by atoms with van der Waals surface area (Å²) in [5, 5.41) is 3.32. The van der Waals surface area contributed by atoms with Crippen LogP contribution in [-0.4, -0.2) is 39.0 Å². The van der Waals surface area contributed by atoms with E-state index in [1.165, 1.54) is 13.0 Å². The number of aromatic nitrogens is 3. The van der Waals surface area contributed by atoms with Crippen LogP contribution in [0.3, 0.4) is 0 Å². The third kappa shape index (κ3) is 3.35. The second-order valence-corrected chi connectivity index (χ2v) is 7.56. The molecule has 1 N–H and O–H groups in total. The molecule has 1 saturated heterocycles. The predicted molar refractivity (Wildman–Crippen MR) is 101 cm³/mol. The molecule has 0 radical (unpaired) electrons. The first-order valence-electron chi connectivity index (χ1n) is 9.40. The topological polar surface area (TPSA) is 92.1 Å². The number of hydrogen-bond donors (Lipinski definition) is 1. The molecule has 0 aliphatic carbocycles. The number of likely N-dealkylation sites (tertiary alicyclic amines) is 1. The Hall–Kier alpha value is -3.17. The summed E-state index contributed by atoms with van der Waals surface area (Å²) in [6.45, 7) is 5.57. The first-order valence-corrected chi connectivity index (χ1v) is 9.40. The van der Waals surface area contributed by atoms with Gasteiger partial charge in [0.05, 0.1) is 22.2 Å². The van der Waals surface area contributed by atoms with Gasteiger partial charge in [0.15, 0.2) is 0 Å². The van der Waals surface area contributed by atoms with Gasteiger partial charge in [0.1, 0.15) is 11.3 Å². The molecule has 4 heterocycles. The summed E-state index contributed by atoms with van der Waals surface area (Å²) in [4.78, 5) is 33.7. The Bertz CT molecular complexity index is 1190. The van der Waals surface area contributed by atoms with E-state index in [0.717, 1.165) is 6.07 Å². The van der Waals surface area contributed by atoms with E-state index in [1.54, 1.807) is 18.7 Å². The van der Waals surface area contributed by atoms with Gasteiger partial charge in [-0.2, -0.15) is 13.2 Å². The van der Waals surface area contributed by atoms with Crippen LogP contribution in [0, 0.1) is 20.8 Å². The number of nitrogens with one attached hydrogen (secondary N) is 1. The van der Waals surface area contributed by atoms with Crippen LogP contribution in [0.1, 0.15) is 51.1 Å². The molecule has 0 spiro atoms. The summed E-state index contributed by atoms with van der Waals surface area (Å²) < 4.78 is 45.2. The largest absolute Gasteiger partial charge is 0.417 e. The average molecular weight is 420 g/mol. The molecular formula is C20H19F3N4O3. The number of aryl methyl sites for hydroxylation is 3. The lowest BCUT2D eigenvalue weighted by atomic mass is 10.0. The van der Waals surface area contributed by atoms with Crippen molar-refractivity contribution in [3.05, 3.63) is 56.5 Å². The van der Waals surface area contributed by atoms with Gasteiger partial charge in [0.2, 0.25) is 0 Å². The number of rotatable bonds is 2. The fourth-order valence-electron chi connectivity index (χ4n) is 4.01. The molecule has 0 bridgehead atoms. The lowest BCUT2D eigenvalue weighted by molar-refractivity contribution is -0.136. The minimum atomic E-state index is -4.66. The lowest BCUT2D eigenvalue weighted by Crippen LogP contribution is -2.29. The van der Waals surface area contributed by atoms with Gasteiger partial charge in [-0.1, -0.05) is 5.16 Å². The zero-order valence-electron chi connectivity index (χ0n) is 16.6. The number of carbonyl (C=O) groups is 1. The number of carbonyl (C=O) groups excluding carboxylic acids is 1. The molecule has 1 aliphatic rings. The second kappa shape index (κ2) is 6.96. The molecule has 4 rings (SSSR count). The van der Waals surface area contributed by atoms with Crippen molar-refractivity contribution < 1.29 is 22.5 Å². The highest BCUT2D eigenvalue weighted by molar-refractivity contribution is 5.96. The minimum Gasteiger partial charge on any atom is -0.361 e. The third-order valence-corrected chi connectivity index (χ3v) is 5.42. The van der Waals surface area contributed by atoms with Crippen LogP contribution in [0.15, 0.2) is 21.5 Å². The summed E-state index contributed by atoms with van der Waals surface area (Å²) in [7, 11) is 0. The van der Waals surface area contributed by atoms with Crippen molar-refractivity contribution in [2.45, 2.75) is 39.3 Å². The van der Waals surface area contributed by atoms with Crippen LogP contribution in [0.5, 0.6) is 0 Å². The summed E-state index contributed by atoms with van der Waals surface area (Å²) in [5.74, 6) is -0.00666. The molecule has 1 fully saturated rings. The molecule has 0 aromatic carbocycles. The third-order valence-electron chi connectivity index (χ3n) is 5.42. The first-order chi connectivity index (χ1) is 14.1. The molecular weight excluding hydrogens is 401 g/mol. The molecule has 10 heteroatoms. The average Bonchev–Trinajstić information content (AvgIpc) is 3.26. The van der Waals surface area contributed by atoms with Crippen molar-refractivity contribution in [1.29, 1.82) is 0 Å². The maximum absolute atomic E-state index is 13.4. The molecule has 1 aliphatic heterocycles. The van der Waals surface area contributed by atoms with Gasteiger partial charge in [-0.05, 0) is 39.3 Å². The quantitative estimate of drug-likeness (QED) is 0.685. The van der Waals surface area contributed by atoms with Crippen LogP contribution >= 0.6 is 0 Å². The van der Waals surface area contributed by atoms with Crippen molar-refractivity contribution in [2.75, 3.05) is 13.1 Å². The van der Waals surface area contributed by atoms with Crippen LogP contribution in [0.2, 0.25) is 0 Å². The Morgan fingerprint density at radius 2 is 2.00 bits per heavy atom. The van der Waals surface area contributed by atoms with E-state index < -0.39 is 22.7 Å². The summed E-state index contributed by atoms with van der Waals surface area (Å²) in [6, 6.07) is 2.35. The normalized spacial score (nSPS) is 17.1. The number of fused-ring (bicyclic) bond motifs is 1. The standard InChI is InChI=1S/C20H19F3N4O3/c1-9-6-13(20(21,22)23)17-15(24-9)7-14(25-18(17)28)12-4-5-27(8-12)19(29)16-10(2)26-30-11(16)3/h6-7,12H,4-5,8H2,1-3H3,(H,25,28)/t12-/m0/s1. The first kappa shape index (κ1) is 20.1. The number of halogens is 3. The molecule has 7 nitrogen and oxygen atoms in total. The van der Waals surface area contributed by atoms with E-state index in [-0.39, 0.29) is 23.0 Å².